The standard InChI is InChI=1S/C16H22N4O4/c1-15(2,3)23-13(21)20(14(22)24-16(4,5)6)12-11-10(7-8-17-12)18-9-19-11/h7-9H,1-6H3,(H,18,19). The molecule has 2 amide bonds. The minimum absolute atomic E-state index is 0.0530. The second-order valence-corrected chi connectivity index (χ2v) is 7.23. The summed E-state index contributed by atoms with van der Waals surface area (Å²) in [5, 5.41) is 0. The number of nitrogens with one attached hydrogen (secondary N) is 1. The van der Waals surface area contributed by atoms with E-state index >= 15 is 0 Å². The van der Waals surface area contributed by atoms with Crippen LogP contribution in [0.2, 0.25) is 0 Å². The van der Waals surface area contributed by atoms with E-state index in [1.807, 2.05) is 0 Å². The molecule has 0 atom stereocenters. The average molecular weight is 334 g/mol. The van der Waals surface area contributed by atoms with Crippen molar-refractivity contribution in [3.63, 3.8) is 0 Å². The Morgan fingerprint density at radius 2 is 1.54 bits per heavy atom. The van der Waals surface area contributed by atoms with Gasteiger partial charge in [-0.2, -0.15) is 4.90 Å². The number of H-pyrrole nitrogens is 1. The van der Waals surface area contributed by atoms with Gasteiger partial charge in [0.2, 0.25) is 0 Å². The highest BCUT2D eigenvalue weighted by Gasteiger charge is 2.35. The minimum Gasteiger partial charge on any atom is -0.443 e. The van der Waals surface area contributed by atoms with E-state index in [1.165, 1.54) is 12.5 Å². The number of hydrogen-bond acceptors (Lipinski definition) is 6. The molecule has 8 nitrogen and oxygen atoms in total. The number of pyridine rings is 1. The normalized spacial score (nSPS) is 12.1. The fraction of sp³-hybridized carbons (Fsp3) is 0.500. The Hall–Kier alpha value is -2.64. The molecular formula is C16H22N4O4. The summed E-state index contributed by atoms with van der Waals surface area (Å²) >= 11 is 0. The van der Waals surface area contributed by atoms with Gasteiger partial charge in [0.25, 0.3) is 0 Å². The Morgan fingerprint density at radius 3 is 2.04 bits per heavy atom. The van der Waals surface area contributed by atoms with Gasteiger partial charge in [0.15, 0.2) is 5.82 Å². The number of imidazole rings is 1. The van der Waals surface area contributed by atoms with Gasteiger partial charge in [-0.15, -0.1) is 0 Å². The number of hydrogen-bond donors (Lipinski definition) is 1. The molecule has 0 fully saturated rings. The predicted octanol–water partition coefficient (Wildman–Crippen LogP) is 3.63. The van der Waals surface area contributed by atoms with Crippen LogP contribution in [-0.4, -0.2) is 38.3 Å². The summed E-state index contributed by atoms with van der Waals surface area (Å²) in [6.07, 6.45) is 1.18. The van der Waals surface area contributed by atoms with Crippen molar-refractivity contribution in [1.29, 1.82) is 0 Å². The SMILES string of the molecule is CC(C)(C)OC(=O)N(C(=O)OC(C)(C)C)c1nccc2[nH]cnc12. The lowest BCUT2D eigenvalue weighted by Crippen LogP contribution is -2.44. The van der Waals surface area contributed by atoms with Crippen molar-refractivity contribution in [2.24, 2.45) is 0 Å². The second-order valence-electron chi connectivity index (χ2n) is 7.23. The lowest BCUT2D eigenvalue weighted by Gasteiger charge is -2.28. The summed E-state index contributed by atoms with van der Waals surface area (Å²) < 4.78 is 10.6. The molecule has 0 aliphatic rings. The van der Waals surface area contributed by atoms with Gasteiger partial charge in [-0.25, -0.2) is 19.6 Å². The van der Waals surface area contributed by atoms with Crippen LogP contribution in [0.25, 0.3) is 11.0 Å². The number of amides is 2. The van der Waals surface area contributed by atoms with Crippen molar-refractivity contribution in [3.8, 4) is 0 Å². The Bertz CT molecular complexity index is 727. The first kappa shape index (κ1) is 17.7. The minimum atomic E-state index is -0.875. The molecule has 130 valence electrons. The Kier molecular flexibility index (Phi) is 4.50. The van der Waals surface area contributed by atoms with Gasteiger partial charge in [-0.1, -0.05) is 0 Å². The van der Waals surface area contributed by atoms with Crippen molar-refractivity contribution < 1.29 is 19.1 Å². The molecule has 0 aliphatic heterocycles. The summed E-state index contributed by atoms with van der Waals surface area (Å²) in [7, 11) is 0. The van der Waals surface area contributed by atoms with Crippen LogP contribution in [-0.2, 0) is 9.47 Å². The van der Waals surface area contributed by atoms with E-state index in [0.29, 0.717) is 11.0 Å². The molecule has 0 spiro atoms. The predicted molar refractivity (Wildman–Crippen MR) is 88.8 cm³/mol. The average Bonchev–Trinajstić information content (AvgIpc) is 2.83. The van der Waals surface area contributed by atoms with Crippen LogP contribution in [0.3, 0.4) is 0 Å². The maximum Gasteiger partial charge on any atom is 0.425 e. The van der Waals surface area contributed by atoms with Crippen molar-refractivity contribution >= 4 is 29.0 Å². The lowest BCUT2D eigenvalue weighted by atomic mass is 10.2. The number of fused-ring (bicyclic) bond motifs is 1. The molecule has 2 aromatic rings. The number of imide groups is 1. The van der Waals surface area contributed by atoms with E-state index in [1.54, 1.807) is 47.6 Å². The Morgan fingerprint density at radius 1 is 1.00 bits per heavy atom. The van der Waals surface area contributed by atoms with Crippen LogP contribution in [0.5, 0.6) is 0 Å². The summed E-state index contributed by atoms with van der Waals surface area (Å²) in [6.45, 7) is 10.3. The highest BCUT2D eigenvalue weighted by molar-refractivity contribution is 6.12. The van der Waals surface area contributed by atoms with E-state index in [-0.39, 0.29) is 5.82 Å². The van der Waals surface area contributed by atoms with Gasteiger partial charge < -0.3 is 14.5 Å². The molecule has 1 N–H and O–H groups in total. The first-order valence-corrected chi connectivity index (χ1v) is 7.52. The molecule has 0 unspecified atom stereocenters. The van der Waals surface area contributed by atoms with E-state index in [4.69, 9.17) is 9.47 Å². The molecule has 24 heavy (non-hydrogen) atoms. The van der Waals surface area contributed by atoms with Gasteiger partial charge in [0.05, 0.1) is 11.8 Å². The topological polar surface area (TPSA) is 97.4 Å². The van der Waals surface area contributed by atoms with Crippen LogP contribution < -0.4 is 4.90 Å². The van der Waals surface area contributed by atoms with E-state index in [2.05, 4.69) is 15.0 Å². The van der Waals surface area contributed by atoms with Crippen LogP contribution in [0.15, 0.2) is 18.6 Å². The van der Waals surface area contributed by atoms with Gasteiger partial charge in [-0.05, 0) is 47.6 Å². The monoisotopic (exact) mass is 334 g/mol. The van der Waals surface area contributed by atoms with Crippen LogP contribution >= 0.6 is 0 Å². The van der Waals surface area contributed by atoms with Crippen LogP contribution in [0.4, 0.5) is 15.4 Å². The molecule has 2 aromatic heterocycles. The van der Waals surface area contributed by atoms with Crippen LogP contribution in [0.1, 0.15) is 41.5 Å². The second kappa shape index (κ2) is 6.10. The van der Waals surface area contributed by atoms with Crippen molar-refractivity contribution in [3.05, 3.63) is 18.6 Å². The molecule has 0 radical (unpaired) electrons. The third-order valence-electron chi connectivity index (χ3n) is 2.68. The number of nitrogens with zero attached hydrogens (tertiary/aromatic N) is 3. The molecule has 0 saturated carbocycles. The number of anilines is 1. The van der Waals surface area contributed by atoms with Crippen molar-refractivity contribution in [2.75, 3.05) is 4.90 Å². The number of carbonyl (C=O) groups is 2. The fourth-order valence-electron chi connectivity index (χ4n) is 1.88. The number of carbonyl (C=O) groups excluding carboxylic acids is 2. The third-order valence-corrected chi connectivity index (χ3v) is 2.68. The first-order chi connectivity index (χ1) is 11.0. The molecule has 2 rings (SSSR count). The molecular weight excluding hydrogens is 312 g/mol. The van der Waals surface area contributed by atoms with Gasteiger partial charge in [0, 0.05) is 6.20 Å². The summed E-state index contributed by atoms with van der Waals surface area (Å²) in [5.74, 6) is 0.0530. The maximum atomic E-state index is 12.6. The summed E-state index contributed by atoms with van der Waals surface area (Å²) in [4.78, 5) is 37.1. The zero-order chi connectivity index (χ0) is 18.1. The zero-order valence-corrected chi connectivity index (χ0v) is 14.7. The number of aromatic nitrogens is 3. The van der Waals surface area contributed by atoms with Gasteiger partial charge in [-0.3, -0.25) is 0 Å². The summed E-state index contributed by atoms with van der Waals surface area (Å²) in [6, 6.07) is 1.69. The lowest BCUT2D eigenvalue weighted by molar-refractivity contribution is 0.0429. The Labute approximate surface area is 140 Å². The molecule has 0 aliphatic carbocycles. The molecule has 0 aromatic carbocycles. The molecule has 0 saturated heterocycles. The van der Waals surface area contributed by atoms with Crippen LogP contribution in [0, 0.1) is 0 Å². The largest absolute Gasteiger partial charge is 0.443 e. The number of aromatic amines is 1. The quantitative estimate of drug-likeness (QED) is 0.855. The highest BCUT2D eigenvalue weighted by atomic mass is 16.6. The number of ether oxygens (including phenoxy) is 2. The van der Waals surface area contributed by atoms with Crippen molar-refractivity contribution in [2.45, 2.75) is 52.7 Å². The van der Waals surface area contributed by atoms with Gasteiger partial charge in [0.1, 0.15) is 16.7 Å². The van der Waals surface area contributed by atoms with E-state index in [0.717, 1.165) is 4.90 Å². The molecule has 8 heteroatoms. The summed E-state index contributed by atoms with van der Waals surface area (Å²) in [5.41, 5.74) is -0.556. The smallest absolute Gasteiger partial charge is 0.425 e. The van der Waals surface area contributed by atoms with E-state index in [9.17, 15) is 9.59 Å². The molecule has 2 heterocycles. The highest BCUT2D eigenvalue weighted by Crippen LogP contribution is 2.25. The number of rotatable bonds is 1. The fourth-order valence-corrected chi connectivity index (χ4v) is 1.88. The zero-order valence-electron chi connectivity index (χ0n) is 14.7. The third kappa shape index (κ3) is 4.21. The van der Waals surface area contributed by atoms with E-state index < -0.39 is 23.4 Å². The first-order valence-electron chi connectivity index (χ1n) is 7.52. The maximum absolute atomic E-state index is 12.6. The Balaban J connectivity index is 2.48. The van der Waals surface area contributed by atoms with Gasteiger partial charge >= 0.3 is 12.2 Å². The van der Waals surface area contributed by atoms with Crippen molar-refractivity contribution in [1.82, 2.24) is 15.0 Å². The molecule has 0 bridgehead atoms.